The molecule has 0 saturated carbocycles. The van der Waals surface area contributed by atoms with Gasteiger partial charge in [0.2, 0.25) is 0 Å². The van der Waals surface area contributed by atoms with E-state index in [2.05, 4.69) is 59.4 Å². The molecular formula is C21H33N3O2. The lowest BCUT2D eigenvalue weighted by molar-refractivity contribution is -0.0817. The number of nitrogens with one attached hydrogen (secondary N) is 1. The van der Waals surface area contributed by atoms with Crippen LogP contribution in [0.4, 0.5) is 0 Å². The Morgan fingerprint density at radius 1 is 1.19 bits per heavy atom. The van der Waals surface area contributed by atoms with Crippen molar-refractivity contribution in [1.29, 1.82) is 0 Å². The SMILES string of the molecule is CN=C(NCC(c1ccccc1)C(C)C)N1CCOC(C2CCCO2)C1. The highest BCUT2D eigenvalue weighted by molar-refractivity contribution is 5.80. The lowest BCUT2D eigenvalue weighted by Crippen LogP contribution is -2.53. The number of hydrogen-bond acceptors (Lipinski definition) is 3. The molecule has 0 amide bonds. The van der Waals surface area contributed by atoms with Crippen LogP contribution in [0.3, 0.4) is 0 Å². The molecule has 1 N–H and O–H groups in total. The molecule has 26 heavy (non-hydrogen) atoms. The van der Waals surface area contributed by atoms with Crippen molar-refractivity contribution in [2.24, 2.45) is 10.9 Å². The summed E-state index contributed by atoms with van der Waals surface area (Å²) < 4.78 is 11.8. The number of rotatable bonds is 5. The van der Waals surface area contributed by atoms with Crippen molar-refractivity contribution in [2.45, 2.75) is 44.8 Å². The van der Waals surface area contributed by atoms with E-state index in [9.17, 15) is 0 Å². The molecule has 5 nitrogen and oxygen atoms in total. The van der Waals surface area contributed by atoms with Crippen LogP contribution in [0.25, 0.3) is 0 Å². The highest BCUT2D eigenvalue weighted by atomic mass is 16.5. The Labute approximate surface area is 157 Å². The first-order chi connectivity index (χ1) is 12.7. The maximum Gasteiger partial charge on any atom is 0.193 e. The van der Waals surface area contributed by atoms with Gasteiger partial charge in [0.05, 0.1) is 12.7 Å². The quantitative estimate of drug-likeness (QED) is 0.649. The minimum Gasteiger partial charge on any atom is -0.375 e. The van der Waals surface area contributed by atoms with E-state index in [1.165, 1.54) is 5.56 Å². The van der Waals surface area contributed by atoms with E-state index < -0.39 is 0 Å². The number of ether oxygens (including phenoxy) is 2. The fourth-order valence-corrected chi connectivity index (χ4v) is 3.96. The average Bonchev–Trinajstić information content (AvgIpc) is 3.21. The van der Waals surface area contributed by atoms with E-state index in [0.29, 0.717) is 11.8 Å². The van der Waals surface area contributed by atoms with Gasteiger partial charge in [-0.05, 0) is 24.3 Å². The van der Waals surface area contributed by atoms with Crippen LogP contribution in [-0.4, -0.2) is 63.0 Å². The molecule has 1 aromatic rings. The molecule has 0 aromatic heterocycles. The summed E-state index contributed by atoms with van der Waals surface area (Å²) in [6.07, 6.45) is 2.64. The molecule has 0 bridgehead atoms. The predicted molar refractivity (Wildman–Crippen MR) is 106 cm³/mol. The van der Waals surface area contributed by atoms with Crippen LogP contribution in [0.5, 0.6) is 0 Å². The van der Waals surface area contributed by atoms with Crippen molar-refractivity contribution in [3.05, 3.63) is 35.9 Å². The molecule has 0 radical (unpaired) electrons. The molecule has 3 atom stereocenters. The van der Waals surface area contributed by atoms with Crippen LogP contribution in [0.1, 0.15) is 38.2 Å². The molecule has 5 heteroatoms. The van der Waals surface area contributed by atoms with E-state index in [1.807, 2.05) is 7.05 Å². The van der Waals surface area contributed by atoms with Crippen LogP contribution < -0.4 is 5.32 Å². The van der Waals surface area contributed by atoms with Crippen LogP contribution in [0.15, 0.2) is 35.3 Å². The monoisotopic (exact) mass is 359 g/mol. The molecule has 2 saturated heterocycles. The summed E-state index contributed by atoms with van der Waals surface area (Å²) in [6, 6.07) is 10.8. The minimum absolute atomic E-state index is 0.153. The summed E-state index contributed by atoms with van der Waals surface area (Å²) in [7, 11) is 1.87. The summed E-state index contributed by atoms with van der Waals surface area (Å²) in [5, 5.41) is 3.61. The highest BCUT2D eigenvalue weighted by Crippen LogP contribution is 2.24. The van der Waals surface area contributed by atoms with Gasteiger partial charge in [-0.1, -0.05) is 44.2 Å². The number of nitrogens with zero attached hydrogens (tertiary/aromatic N) is 2. The molecule has 3 rings (SSSR count). The largest absolute Gasteiger partial charge is 0.375 e. The molecule has 0 spiro atoms. The third-order valence-electron chi connectivity index (χ3n) is 5.50. The van der Waals surface area contributed by atoms with Crippen molar-refractivity contribution in [2.75, 3.05) is 39.9 Å². The standard InChI is InChI=1S/C21H33N3O2/c1-16(2)18(17-8-5-4-6-9-17)14-23-21(22-3)24-11-13-26-20(15-24)19-10-7-12-25-19/h4-6,8-9,16,18-20H,7,10-15H2,1-3H3,(H,22,23). The van der Waals surface area contributed by atoms with Gasteiger partial charge >= 0.3 is 0 Å². The van der Waals surface area contributed by atoms with Gasteiger partial charge < -0.3 is 19.7 Å². The van der Waals surface area contributed by atoms with Crippen LogP contribution >= 0.6 is 0 Å². The van der Waals surface area contributed by atoms with Gasteiger partial charge in [-0.2, -0.15) is 0 Å². The summed E-state index contributed by atoms with van der Waals surface area (Å²) in [4.78, 5) is 6.85. The maximum atomic E-state index is 5.97. The molecule has 144 valence electrons. The third-order valence-corrected chi connectivity index (χ3v) is 5.50. The smallest absolute Gasteiger partial charge is 0.193 e. The Morgan fingerprint density at radius 3 is 2.62 bits per heavy atom. The van der Waals surface area contributed by atoms with Gasteiger partial charge in [-0.3, -0.25) is 4.99 Å². The van der Waals surface area contributed by atoms with Crippen molar-refractivity contribution in [1.82, 2.24) is 10.2 Å². The maximum absolute atomic E-state index is 5.97. The first-order valence-corrected chi connectivity index (χ1v) is 9.92. The zero-order valence-electron chi connectivity index (χ0n) is 16.4. The fourth-order valence-electron chi connectivity index (χ4n) is 3.96. The predicted octanol–water partition coefficient (Wildman–Crippen LogP) is 2.88. The number of aliphatic imine (C=N–C) groups is 1. The van der Waals surface area contributed by atoms with Crippen molar-refractivity contribution in [3.8, 4) is 0 Å². The second kappa shape index (κ2) is 9.38. The summed E-state index contributed by atoms with van der Waals surface area (Å²) in [5.74, 6) is 1.99. The minimum atomic E-state index is 0.153. The lowest BCUT2D eigenvalue weighted by Gasteiger charge is -2.37. The highest BCUT2D eigenvalue weighted by Gasteiger charge is 2.32. The second-order valence-electron chi connectivity index (χ2n) is 7.60. The normalized spacial score (nSPS) is 25.5. The Balaban J connectivity index is 1.59. The van der Waals surface area contributed by atoms with E-state index in [0.717, 1.165) is 51.6 Å². The second-order valence-corrected chi connectivity index (χ2v) is 7.60. The van der Waals surface area contributed by atoms with Crippen molar-refractivity contribution < 1.29 is 9.47 Å². The van der Waals surface area contributed by atoms with Gasteiger partial charge in [0.25, 0.3) is 0 Å². The van der Waals surface area contributed by atoms with Gasteiger partial charge in [-0.25, -0.2) is 0 Å². The number of hydrogen-bond donors (Lipinski definition) is 1. The Hall–Kier alpha value is -1.59. The summed E-state index contributed by atoms with van der Waals surface area (Å²) in [6.45, 7) is 8.77. The molecule has 0 aliphatic carbocycles. The molecule has 2 aliphatic heterocycles. The Bertz CT molecular complexity index is 570. The van der Waals surface area contributed by atoms with Crippen LogP contribution in [0, 0.1) is 5.92 Å². The lowest BCUT2D eigenvalue weighted by atomic mass is 9.88. The van der Waals surface area contributed by atoms with Crippen LogP contribution in [-0.2, 0) is 9.47 Å². The number of benzene rings is 1. The molecular weight excluding hydrogens is 326 g/mol. The Morgan fingerprint density at radius 2 is 1.96 bits per heavy atom. The molecule has 2 aliphatic rings. The van der Waals surface area contributed by atoms with E-state index in [-0.39, 0.29) is 12.2 Å². The van der Waals surface area contributed by atoms with E-state index in [4.69, 9.17) is 9.47 Å². The summed E-state index contributed by atoms with van der Waals surface area (Å²) >= 11 is 0. The zero-order chi connectivity index (χ0) is 18.4. The van der Waals surface area contributed by atoms with Gasteiger partial charge in [0.15, 0.2) is 5.96 Å². The number of morpholine rings is 1. The molecule has 3 unspecified atom stereocenters. The third kappa shape index (κ3) is 4.77. The first kappa shape index (κ1) is 19.2. The topological polar surface area (TPSA) is 46.1 Å². The summed E-state index contributed by atoms with van der Waals surface area (Å²) in [5.41, 5.74) is 1.38. The van der Waals surface area contributed by atoms with E-state index >= 15 is 0 Å². The van der Waals surface area contributed by atoms with Crippen LogP contribution in [0.2, 0.25) is 0 Å². The molecule has 2 heterocycles. The van der Waals surface area contributed by atoms with Crippen molar-refractivity contribution in [3.63, 3.8) is 0 Å². The van der Waals surface area contributed by atoms with Gasteiger partial charge in [0, 0.05) is 39.2 Å². The zero-order valence-corrected chi connectivity index (χ0v) is 16.4. The van der Waals surface area contributed by atoms with Crippen molar-refractivity contribution >= 4 is 5.96 Å². The van der Waals surface area contributed by atoms with Gasteiger partial charge in [0.1, 0.15) is 6.10 Å². The molecule has 1 aromatic carbocycles. The first-order valence-electron chi connectivity index (χ1n) is 9.92. The Kier molecular flexibility index (Phi) is 6.92. The van der Waals surface area contributed by atoms with Gasteiger partial charge in [-0.15, -0.1) is 0 Å². The average molecular weight is 360 g/mol. The fraction of sp³-hybridized carbons (Fsp3) is 0.667. The van der Waals surface area contributed by atoms with E-state index in [1.54, 1.807) is 0 Å². The number of guanidine groups is 1. The molecule has 2 fully saturated rings.